The molecule has 0 bridgehead atoms. The third-order valence-corrected chi connectivity index (χ3v) is 4.84. The van der Waals surface area contributed by atoms with Crippen LogP contribution in [-0.2, 0) is 6.54 Å². The Kier molecular flexibility index (Phi) is 3.94. The van der Waals surface area contributed by atoms with Gasteiger partial charge in [0.15, 0.2) is 0 Å². The highest BCUT2D eigenvalue weighted by atomic mass is 16.3. The Balaban J connectivity index is 1.64. The van der Waals surface area contributed by atoms with Gasteiger partial charge in [-0.2, -0.15) is 0 Å². The monoisotopic (exact) mass is 323 g/mol. The molecule has 0 saturated carbocycles. The van der Waals surface area contributed by atoms with Crippen molar-refractivity contribution >= 4 is 5.65 Å². The Bertz CT molecular complexity index is 885. The number of rotatable bonds is 3. The van der Waals surface area contributed by atoms with Gasteiger partial charge < -0.3 is 4.42 Å². The maximum atomic E-state index is 12.3. The molecular weight excluding hydrogens is 302 g/mol. The minimum atomic E-state index is -0.0319. The molecule has 1 aliphatic rings. The molecule has 1 aliphatic heterocycles. The zero-order valence-electron chi connectivity index (χ0n) is 13.8. The first kappa shape index (κ1) is 15.1. The summed E-state index contributed by atoms with van der Waals surface area (Å²) in [5.74, 6) is 1.67. The zero-order chi connectivity index (χ0) is 16.5. The Labute approximate surface area is 140 Å². The van der Waals surface area contributed by atoms with Crippen LogP contribution in [0.1, 0.15) is 37.3 Å². The van der Waals surface area contributed by atoms with Gasteiger partial charge >= 0.3 is 0 Å². The second kappa shape index (κ2) is 6.24. The van der Waals surface area contributed by atoms with Crippen LogP contribution >= 0.6 is 0 Å². The first-order valence-corrected chi connectivity index (χ1v) is 8.45. The molecule has 4 rings (SSSR count). The molecule has 124 valence electrons. The van der Waals surface area contributed by atoms with Crippen molar-refractivity contribution in [1.82, 2.24) is 14.3 Å². The van der Waals surface area contributed by atoms with Crippen molar-refractivity contribution in [2.24, 2.45) is 5.92 Å². The van der Waals surface area contributed by atoms with Gasteiger partial charge in [0.05, 0.1) is 18.0 Å². The Hall–Kier alpha value is -2.40. The molecule has 5 heteroatoms. The van der Waals surface area contributed by atoms with Gasteiger partial charge in [0, 0.05) is 18.8 Å². The van der Waals surface area contributed by atoms with E-state index in [1.54, 1.807) is 22.9 Å². The van der Waals surface area contributed by atoms with Gasteiger partial charge in [-0.1, -0.05) is 13.0 Å². The van der Waals surface area contributed by atoms with Crippen LogP contribution in [0.25, 0.3) is 5.65 Å². The van der Waals surface area contributed by atoms with Crippen molar-refractivity contribution in [1.29, 1.82) is 0 Å². The fourth-order valence-corrected chi connectivity index (χ4v) is 3.55. The Morgan fingerprint density at radius 1 is 1.29 bits per heavy atom. The molecule has 0 N–H and O–H groups in total. The van der Waals surface area contributed by atoms with E-state index in [1.165, 1.54) is 0 Å². The van der Waals surface area contributed by atoms with Crippen LogP contribution in [0.2, 0.25) is 0 Å². The minimum absolute atomic E-state index is 0.0319. The summed E-state index contributed by atoms with van der Waals surface area (Å²) in [4.78, 5) is 19.3. The van der Waals surface area contributed by atoms with Crippen LogP contribution in [0, 0.1) is 5.92 Å². The van der Waals surface area contributed by atoms with Gasteiger partial charge in [0.25, 0.3) is 5.56 Å². The Morgan fingerprint density at radius 2 is 2.21 bits per heavy atom. The van der Waals surface area contributed by atoms with Gasteiger partial charge in [-0.3, -0.25) is 14.1 Å². The lowest BCUT2D eigenvalue weighted by molar-refractivity contribution is 0.0932. The molecule has 1 saturated heterocycles. The van der Waals surface area contributed by atoms with E-state index in [0.29, 0.717) is 18.1 Å². The first-order chi connectivity index (χ1) is 11.7. The number of nitrogens with zero attached hydrogens (tertiary/aromatic N) is 3. The molecule has 3 aromatic rings. The maximum absolute atomic E-state index is 12.3. The second-order valence-electron chi connectivity index (χ2n) is 6.65. The van der Waals surface area contributed by atoms with Crippen LogP contribution in [0.4, 0.5) is 0 Å². The number of likely N-dealkylation sites (tertiary alicyclic amines) is 1. The van der Waals surface area contributed by atoms with E-state index >= 15 is 0 Å². The normalized spacial score (nSPS) is 22.0. The molecule has 0 amide bonds. The lowest BCUT2D eigenvalue weighted by Crippen LogP contribution is -2.36. The molecule has 0 radical (unpaired) electrons. The second-order valence-corrected chi connectivity index (χ2v) is 6.65. The summed E-state index contributed by atoms with van der Waals surface area (Å²) < 4.78 is 7.23. The summed E-state index contributed by atoms with van der Waals surface area (Å²) >= 11 is 0. The highest BCUT2D eigenvalue weighted by molar-refractivity contribution is 5.38. The zero-order valence-corrected chi connectivity index (χ0v) is 13.8. The summed E-state index contributed by atoms with van der Waals surface area (Å²) in [7, 11) is 0. The number of fused-ring (bicyclic) bond motifs is 1. The van der Waals surface area contributed by atoms with Crippen molar-refractivity contribution in [2.45, 2.75) is 32.4 Å². The molecule has 2 atom stereocenters. The van der Waals surface area contributed by atoms with Crippen LogP contribution in [-0.4, -0.2) is 20.8 Å². The minimum Gasteiger partial charge on any atom is -0.468 e. The highest BCUT2D eigenvalue weighted by Gasteiger charge is 2.29. The number of aromatic nitrogens is 2. The van der Waals surface area contributed by atoms with E-state index in [-0.39, 0.29) is 11.6 Å². The lowest BCUT2D eigenvalue weighted by Gasteiger charge is -2.37. The molecule has 5 nitrogen and oxygen atoms in total. The molecule has 0 aliphatic carbocycles. The van der Waals surface area contributed by atoms with Gasteiger partial charge in [-0.25, -0.2) is 4.98 Å². The largest absolute Gasteiger partial charge is 0.468 e. The van der Waals surface area contributed by atoms with E-state index in [9.17, 15) is 4.79 Å². The molecule has 24 heavy (non-hydrogen) atoms. The van der Waals surface area contributed by atoms with Gasteiger partial charge in [-0.05, 0) is 49.6 Å². The van der Waals surface area contributed by atoms with E-state index in [2.05, 4.69) is 16.8 Å². The van der Waals surface area contributed by atoms with Crippen molar-refractivity contribution in [3.05, 3.63) is 70.7 Å². The first-order valence-electron chi connectivity index (χ1n) is 8.45. The lowest BCUT2D eigenvalue weighted by atomic mass is 9.91. The van der Waals surface area contributed by atoms with E-state index in [0.717, 1.165) is 30.8 Å². The third-order valence-electron chi connectivity index (χ3n) is 4.84. The quantitative estimate of drug-likeness (QED) is 0.742. The molecule has 0 spiro atoms. The molecular formula is C19H21N3O2. The van der Waals surface area contributed by atoms with Crippen molar-refractivity contribution in [2.75, 3.05) is 6.54 Å². The fourth-order valence-electron chi connectivity index (χ4n) is 3.55. The molecule has 1 fully saturated rings. The summed E-state index contributed by atoms with van der Waals surface area (Å²) in [5, 5.41) is 0. The molecule has 0 unspecified atom stereocenters. The van der Waals surface area contributed by atoms with Crippen LogP contribution in [0.15, 0.2) is 58.1 Å². The predicted molar refractivity (Wildman–Crippen MR) is 91.7 cm³/mol. The third kappa shape index (κ3) is 2.87. The summed E-state index contributed by atoms with van der Waals surface area (Å²) in [6.45, 7) is 3.94. The number of piperidine rings is 1. The number of furan rings is 1. The predicted octanol–water partition coefficient (Wildman–Crippen LogP) is 3.26. The van der Waals surface area contributed by atoms with Gasteiger partial charge in [0.2, 0.25) is 0 Å². The number of hydrogen-bond donors (Lipinski definition) is 0. The summed E-state index contributed by atoms with van der Waals surface area (Å²) in [5.41, 5.74) is 1.48. The topological polar surface area (TPSA) is 50.8 Å². The average Bonchev–Trinajstić information content (AvgIpc) is 3.11. The molecule has 0 aromatic carbocycles. The van der Waals surface area contributed by atoms with Crippen molar-refractivity contribution in [3.8, 4) is 0 Å². The van der Waals surface area contributed by atoms with E-state index in [1.807, 2.05) is 30.3 Å². The number of hydrogen-bond acceptors (Lipinski definition) is 4. The van der Waals surface area contributed by atoms with Crippen molar-refractivity contribution < 1.29 is 4.42 Å². The fraction of sp³-hybridized carbons (Fsp3) is 0.368. The molecule has 3 aromatic heterocycles. The van der Waals surface area contributed by atoms with Crippen LogP contribution in [0.3, 0.4) is 0 Å². The average molecular weight is 323 g/mol. The van der Waals surface area contributed by atoms with Gasteiger partial charge in [0.1, 0.15) is 11.4 Å². The Morgan fingerprint density at radius 3 is 3.04 bits per heavy atom. The summed E-state index contributed by atoms with van der Waals surface area (Å²) in [6, 6.07) is 11.5. The van der Waals surface area contributed by atoms with E-state index in [4.69, 9.17) is 4.42 Å². The smallest absolute Gasteiger partial charge is 0.258 e. The maximum Gasteiger partial charge on any atom is 0.258 e. The van der Waals surface area contributed by atoms with E-state index < -0.39 is 0 Å². The standard InChI is InChI=1S/C19H21N3O2/c1-14-7-9-21(16(11-14)17-5-4-10-24-17)13-15-12-19(23)22-8-3-2-6-18(22)20-15/h2-6,8,10,12,14,16H,7,9,11,13H2,1H3/t14-,16+/m1/s1. The van der Waals surface area contributed by atoms with Gasteiger partial charge in [-0.15, -0.1) is 0 Å². The summed E-state index contributed by atoms with van der Waals surface area (Å²) in [6.07, 6.45) is 5.71. The van der Waals surface area contributed by atoms with Crippen LogP contribution < -0.4 is 5.56 Å². The van der Waals surface area contributed by atoms with Crippen molar-refractivity contribution in [3.63, 3.8) is 0 Å². The highest BCUT2D eigenvalue weighted by Crippen LogP contribution is 2.34. The number of pyridine rings is 1. The molecule has 4 heterocycles. The SMILES string of the molecule is C[C@@H]1CCN(Cc2cc(=O)n3ccccc3n2)[C@H](c2ccco2)C1. The van der Waals surface area contributed by atoms with Crippen LogP contribution in [0.5, 0.6) is 0 Å².